The lowest BCUT2D eigenvalue weighted by Gasteiger charge is -2.06. The zero-order chi connectivity index (χ0) is 12.8. The molecule has 0 amide bonds. The van der Waals surface area contributed by atoms with Gasteiger partial charge in [-0.05, 0) is 47.9 Å². The third kappa shape index (κ3) is 3.46. The summed E-state index contributed by atoms with van der Waals surface area (Å²) in [7, 11) is 0. The minimum Gasteiger partial charge on any atom is -0.0617 e. The van der Waals surface area contributed by atoms with E-state index in [0.717, 1.165) is 25.7 Å². The van der Waals surface area contributed by atoms with Gasteiger partial charge >= 0.3 is 0 Å². The number of benzene rings is 2. The molecule has 0 saturated carbocycles. The summed E-state index contributed by atoms with van der Waals surface area (Å²) in [5.41, 5.74) is 5.79. The first kappa shape index (κ1) is 12.9. The van der Waals surface area contributed by atoms with Crippen LogP contribution >= 0.6 is 0 Å². The van der Waals surface area contributed by atoms with E-state index >= 15 is 0 Å². The van der Waals surface area contributed by atoms with Gasteiger partial charge in [-0.3, -0.25) is 0 Å². The van der Waals surface area contributed by atoms with E-state index in [4.69, 9.17) is 0 Å². The Morgan fingerprint density at radius 1 is 0.611 bits per heavy atom. The average molecular weight is 238 g/mol. The van der Waals surface area contributed by atoms with Gasteiger partial charge in [-0.1, -0.05) is 62.4 Å². The molecule has 0 bridgehead atoms. The third-order valence-corrected chi connectivity index (χ3v) is 3.50. The van der Waals surface area contributed by atoms with Gasteiger partial charge in [0, 0.05) is 0 Å². The molecule has 0 aromatic heterocycles. The molecule has 0 aliphatic carbocycles. The van der Waals surface area contributed by atoms with E-state index in [-0.39, 0.29) is 0 Å². The van der Waals surface area contributed by atoms with E-state index < -0.39 is 0 Å². The smallest absolute Gasteiger partial charge is 0.0238 e. The SMILES string of the molecule is CCc1cccc(CCc2cccc(CC)c2)c1. The van der Waals surface area contributed by atoms with E-state index in [1.54, 1.807) is 0 Å². The Morgan fingerprint density at radius 2 is 1.00 bits per heavy atom. The summed E-state index contributed by atoms with van der Waals surface area (Å²) in [6.07, 6.45) is 4.53. The van der Waals surface area contributed by atoms with Crippen LogP contribution in [0.4, 0.5) is 0 Å². The molecule has 0 unspecified atom stereocenters. The van der Waals surface area contributed by atoms with Crippen molar-refractivity contribution in [3.05, 3.63) is 70.8 Å². The minimum absolute atomic E-state index is 1.12. The molecule has 0 N–H and O–H groups in total. The van der Waals surface area contributed by atoms with Crippen molar-refractivity contribution in [1.29, 1.82) is 0 Å². The number of aryl methyl sites for hydroxylation is 4. The molecule has 0 radical (unpaired) electrons. The van der Waals surface area contributed by atoms with Crippen molar-refractivity contribution in [3.8, 4) is 0 Å². The van der Waals surface area contributed by atoms with Crippen molar-refractivity contribution in [1.82, 2.24) is 0 Å². The topological polar surface area (TPSA) is 0 Å². The van der Waals surface area contributed by atoms with Crippen LogP contribution < -0.4 is 0 Å². The molecular formula is C18H22. The lowest BCUT2D eigenvalue weighted by atomic mass is 10.0. The zero-order valence-corrected chi connectivity index (χ0v) is 11.4. The van der Waals surface area contributed by atoms with Gasteiger partial charge in [0.15, 0.2) is 0 Å². The molecule has 0 nitrogen and oxygen atoms in total. The highest BCUT2D eigenvalue weighted by Crippen LogP contribution is 2.12. The zero-order valence-electron chi connectivity index (χ0n) is 11.4. The Hall–Kier alpha value is -1.56. The Labute approximate surface area is 111 Å². The molecule has 0 aliphatic heterocycles. The molecular weight excluding hydrogens is 216 g/mol. The molecule has 2 rings (SSSR count). The van der Waals surface area contributed by atoms with Crippen LogP contribution in [0.15, 0.2) is 48.5 Å². The van der Waals surface area contributed by atoms with Gasteiger partial charge in [0.25, 0.3) is 0 Å². The standard InChI is InChI=1S/C18H22/c1-3-15-7-5-9-17(13-15)11-12-18-10-6-8-16(4-2)14-18/h5-10,13-14H,3-4,11-12H2,1-2H3. The fourth-order valence-corrected chi connectivity index (χ4v) is 2.30. The van der Waals surface area contributed by atoms with Crippen LogP contribution in [-0.4, -0.2) is 0 Å². The highest BCUT2D eigenvalue weighted by Gasteiger charge is 1.98. The second kappa shape index (κ2) is 6.39. The first-order chi connectivity index (χ1) is 8.81. The number of hydrogen-bond donors (Lipinski definition) is 0. The second-order valence-corrected chi connectivity index (χ2v) is 4.85. The second-order valence-electron chi connectivity index (χ2n) is 4.85. The fraction of sp³-hybridized carbons (Fsp3) is 0.333. The molecule has 0 aliphatic rings. The van der Waals surface area contributed by atoms with Crippen molar-refractivity contribution in [2.75, 3.05) is 0 Å². The van der Waals surface area contributed by atoms with Crippen molar-refractivity contribution in [3.63, 3.8) is 0 Å². The van der Waals surface area contributed by atoms with Gasteiger partial charge < -0.3 is 0 Å². The van der Waals surface area contributed by atoms with Gasteiger partial charge in [0.05, 0.1) is 0 Å². The van der Waals surface area contributed by atoms with Crippen LogP contribution in [0.2, 0.25) is 0 Å². The quantitative estimate of drug-likeness (QED) is 0.714. The fourth-order valence-electron chi connectivity index (χ4n) is 2.30. The Bertz CT molecular complexity index is 449. The summed E-state index contributed by atoms with van der Waals surface area (Å²) in [5.74, 6) is 0. The molecule has 94 valence electrons. The maximum Gasteiger partial charge on any atom is -0.0238 e. The summed E-state index contributed by atoms with van der Waals surface area (Å²) in [4.78, 5) is 0. The van der Waals surface area contributed by atoms with Crippen LogP contribution in [0, 0.1) is 0 Å². The summed E-state index contributed by atoms with van der Waals surface area (Å²) >= 11 is 0. The van der Waals surface area contributed by atoms with Crippen molar-refractivity contribution >= 4 is 0 Å². The van der Waals surface area contributed by atoms with Gasteiger partial charge in [-0.25, -0.2) is 0 Å². The largest absolute Gasteiger partial charge is 0.0617 e. The van der Waals surface area contributed by atoms with Crippen molar-refractivity contribution < 1.29 is 0 Å². The number of hydrogen-bond acceptors (Lipinski definition) is 0. The van der Waals surface area contributed by atoms with E-state index in [0.29, 0.717) is 0 Å². The highest BCUT2D eigenvalue weighted by atomic mass is 14.0. The summed E-state index contributed by atoms with van der Waals surface area (Å²) < 4.78 is 0. The Morgan fingerprint density at radius 3 is 1.39 bits per heavy atom. The Balaban J connectivity index is 2.01. The summed E-state index contributed by atoms with van der Waals surface area (Å²) in [5, 5.41) is 0. The van der Waals surface area contributed by atoms with E-state index in [1.807, 2.05) is 0 Å². The van der Waals surface area contributed by atoms with Crippen molar-refractivity contribution in [2.24, 2.45) is 0 Å². The van der Waals surface area contributed by atoms with E-state index in [1.165, 1.54) is 22.3 Å². The number of rotatable bonds is 5. The Kier molecular flexibility index (Phi) is 4.58. The normalized spacial score (nSPS) is 10.6. The molecule has 2 aromatic carbocycles. The average Bonchev–Trinajstić information content (AvgIpc) is 2.45. The monoisotopic (exact) mass is 238 g/mol. The highest BCUT2D eigenvalue weighted by molar-refractivity contribution is 5.27. The maximum atomic E-state index is 2.34. The summed E-state index contributed by atoms with van der Waals surface area (Å²) in [6.45, 7) is 4.42. The third-order valence-electron chi connectivity index (χ3n) is 3.50. The van der Waals surface area contributed by atoms with Crippen LogP contribution in [0.25, 0.3) is 0 Å². The van der Waals surface area contributed by atoms with E-state index in [9.17, 15) is 0 Å². The van der Waals surface area contributed by atoms with Crippen LogP contribution in [-0.2, 0) is 25.7 Å². The molecule has 0 spiro atoms. The first-order valence-electron chi connectivity index (χ1n) is 6.97. The predicted octanol–water partition coefficient (Wildman–Crippen LogP) is 4.60. The maximum absolute atomic E-state index is 2.34. The summed E-state index contributed by atoms with van der Waals surface area (Å²) in [6, 6.07) is 17.9. The minimum atomic E-state index is 1.12. The lowest BCUT2D eigenvalue weighted by Crippen LogP contribution is -1.93. The van der Waals surface area contributed by atoms with Gasteiger partial charge in [-0.15, -0.1) is 0 Å². The van der Waals surface area contributed by atoms with Crippen molar-refractivity contribution in [2.45, 2.75) is 39.5 Å². The van der Waals surface area contributed by atoms with Crippen LogP contribution in [0.3, 0.4) is 0 Å². The molecule has 0 heterocycles. The predicted molar refractivity (Wildman–Crippen MR) is 79.0 cm³/mol. The van der Waals surface area contributed by atoms with Gasteiger partial charge in [0.1, 0.15) is 0 Å². The van der Waals surface area contributed by atoms with Gasteiger partial charge in [0.2, 0.25) is 0 Å². The lowest BCUT2D eigenvalue weighted by molar-refractivity contribution is 0.947. The van der Waals surface area contributed by atoms with Crippen LogP contribution in [0.1, 0.15) is 36.1 Å². The van der Waals surface area contributed by atoms with Gasteiger partial charge in [-0.2, -0.15) is 0 Å². The van der Waals surface area contributed by atoms with E-state index in [2.05, 4.69) is 62.4 Å². The van der Waals surface area contributed by atoms with Crippen LogP contribution in [0.5, 0.6) is 0 Å². The molecule has 0 fully saturated rings. The first-order valence-corrected chi connectivity index (χ1v) is 6.97. The molecule has 2 aromatic rings. The molecule has 0 saturated heterocycles. The molecule has 0 atom stereocenters. The molecule has 0 heteroatoms. The molecule has 18 heavy (non-hydrogen) atoms.